The number of carbonyl (C=O) groups excluding carboxylic acids is 1. The fourth-order valence-corrected chi connectivity index (χ4v) is 1.67. The first-order valence-corrected chi connectivity index (χ1v) is 6.30. The summed E-state index contributed by atoms with van der Waals surface area (Å²) in [6, 6.07) is 7.52. The molecule has 0 N–H and O–H groups in total. The Hall–Kier alpha value is -1.03. The maximum atomic E-state index is 11.5. The first-order chi connectivity index (χ1) is 8.04. The van der Waals surface area contributed by atoms with Crippen molar-refractivity contribution in [2.45, 2.75) is 13.8 Å². The van der Waals surface area contributed by atoms with E-state index in [9.17, 15) is 4.79 Å². The molecular formula is C13H17BrO3. The number of methoxy groups -OCH3 is 1. The molecule has 3 nitrogen and oxygen atoms in total. The molecule has 0 spiro atoms. The Bertz CT molecular complexity index is 359. The van der Waals surface area contributed by atoms with Crippen LogP contribution in [0.15, 0.2) is 28.7 Å². The van der Waals surface area contributed by atoms with Crippen molar-refractivity contribution in [2.24, 2.45) is 11.8 Å². The highest BCUT2D eigenvalue weighted by atomic mass is 79.9. The van der Waals surface area contributed by atoms with E-state index in [1.165, 1.54) is 7.11 Å². The van der Waals surface area contributed by atoms with Gasteiger partial charge in [0.2, 0.25) is 0 Å². The van der Waals surface area contributed by atoms with Crippen LogP contribution >= 0.6 is 15.9 Å². The molecule has 0 saturated heterocycles. The number of esters is 1. The number of hydrogen-bond donors (Lipinski definition) is 0. The highest BCUT2D eigenvalue weighted by molar-refractivity contribution is 9.10. The smallest absolute Gasteiger partial charge is 0.312 e. The quantitative estimate of drug-likeness (QED) is 0.783. The van der Waals surface area contributed by atoms with E-state index in [1.807, 2.05) is 38.1 Å². The predicted octanol–water partition coefficient (Wildman–Crippen LogP) is 3.27. The maximum absolute atomic E-state index is 11.5. The standard InChI is InChI=1S/C13H17BrO3/c1-9(2)12(13(15)16-3)8-17-11-6-4-10(14)5-7-11/h4-7,9,12H,8H2,1-3H3. The third-order valence-corrected chi connectivity index (χ3v) is 3.08. The van der Waals surface area contributed by atoms with Crippen LogP contribution in [0, 0.1) is 11.8 Å². The van der Waals surface area contributed by atoms with Gasteiger partial charge >= 0.3 is 5.97 Å². The van der Waals surface area contributed by atoms with E-state index in [4.69, 9.17) is 9.47 Å². The minimum absolute atomic E-state index is 0.192. The highest BCUT2D eigenvalue weighted by Gasteiger charge is 2.23. The summed E-state index contributed by atoms with van der Waals surface area (Å²) in [5.41, 5.74) is 0. The van der Waals surface area contributed by atoms with E-state index in [0.717, 1.165) is 10.2 Å². The molecule has 17 heavy (non-hydrogen) atoms. The lowest BCUT2D eigenvalue weighted by molar-refractivity contribution is -0.148. The Morgan fingerprint density at radius 2 is 1.88 bits per heavy atom. The Morgan fingerprint density at radius 1 is 1.29 bits per heavy atom. The summed E-state index contributed by atoms with van der Waals surface area (Å²) >= 11 is 3.35. The molecule has 1 unspecified atom stereocenters. The van der Waals surface area contributed by atoms with Gasteiger partial charge in [-0.15, -0.1) is 0 Å². The van der Waals surface area contributed by atoms with Gasteiger partial charge in [0.05, 0.1) is 13.0 Å². The Morgan fingerprint density at radius 3 is 2.35 bits per heavy atom. The molecule has 0 amide bonds. The minimum atomic E-state index is -0.233. The summed E-state index contributed by atoms with van der Waals surface area (Å²) in [7, 11) is 1.40. The van der Waals surface area contributed by atoms with Crippen molar-refractivity contribution in [3.8, 4) is 5.75 Å². The number of hydrogen-bond acceptors (Lipinski definition) is 3. The van der Waals surface area contributed by atoms with E-state index in [-0.39, 0.29) is 17.8 Å². The number of rotatable bonds is 5. The fraction of sp³-hybridized carbons (Fsp3) is 0.462. The van der Waals surface area contributed by atoms with Crippen LogP contribution < -0.4 is 4.74 Å². The van der Waals surface area contributed by atoms with Gasteiger partial charge in [-0.2, -0.15) is 0 Å². The molecule has 4 heteroatoms. The molecular weight excluding hydrogens is 284 g/mol. The second kappa shape index (κ2) is 6.64. The second-order valence-electron chi connectivity index (χ2n) is 4.14. The van der Waals surface area contributed by atoms with E-state index >= 15 is 0 Å². The molecule has 0 aliphatic rings. The molecule has 0 aromatic heterocycles. The van der Waals surface area contributed by atoms with Gasteiger partial charge in [0, 0.05) is 4.47 Å². The van der Waals surface area contributed by atoms with Gasteiger partial charge in [-0.05, 0) is 30.2 Å². The lowest BCUT2D eigenvalue weighted by Gasteiger charge is -2.18. The number of carbonyl (C=O) groups is 1. The predicted molar refractivity (Wildman–Crippen MR) is 70.0 cm³/mol. The molecule has 94 valence electrons. The largest absolute Gasteiger partial charge is 0.493 e. The number of halogens is 1. The first kappa shape index (κ1) is 14.0. The van der Waals surface area contributed by atoms with E-state index in [1.54, 1.807) is 0 Å². The van der Waals surface area contributed by atoms with E-state index < -0.39 is 0 Å². The molecule has 0 bridgehead atoms. The van der Waals surface area contributed by atoms with Crippen LogP contribution in [0.3, 0.4) is 0 Å². The normalized spacial score (nSPS) is 12.3. The van der Waals surface area contributed by atoms with Gasteiger partial charge < -0.3 is 9.47 Å². The molecule has 1 rings (SSSR count). The van der Waals surface area contributed by atoms with Crippen LogP contribution in [0.5, 0.6) is 5.75 Å². The van der Waals surface area contributed by atoms with E-state index in [0.29, 0.717) is 6.61 Å². The monoisotopic (exact) mass is 300 g/mol. The molecule has 0 aliphatic heterocycles. The SMILES string of the molecule is COC(=O)C(COc1ccc(Br)cc1)C(C)C. The van der Waals surface area contributed by atoms with Crippen LogP contribution in [0.2, 0.25) is 0 Å². The third kappa shape index (κ3) is 4.38. The first-order valence-electron chi connectivity index (χ1n) is 5.50. The van der Waals surface area contributed by atoms with Crippen molar-refractivity contribution in [3.05, 3.63) is 28.7 Å². The molecule has 1 aromatic carbocycles. The number of ether oxygens (including phenoxy) is 2. The van der Waals surface area contributed by atoms with Crippen molar-refractivity contribution in [2.75, 3.05) is 13.7 Å². The second-order valence-corrected chi connectivity index (χ2v) is 5.05. The van der Waals surface area contributed by atoms with Crippen LogP contribution in [0.4, 0.5) is 0 Å². The van der Waals surface area contributed by atoms with Gasteiger partial charge in [-0.25, -0.2) is 0 Å². The van der Waals surface area contributed by atoms with Gasteiger partial charge in [0.15, 0.2) is 0 Å². The lowest BCUT2D eigenvalue weighted by atomic mass is 9.97. The van der Waals surface area contributed by atoms with Gasteiger partial charge in [0.1, 0.15) is 12.4 Å². The zero-order valence-corrected chi connectivity index (χ0v) is 11.9. The zero-order chi connectivity index (χ0) is 12.8. The van der Waals surface area contributed by atoms with E-state index in [2.05, 4.69) is 15.9 Å². The highest BCUT2D eigenvalue weighted by Crippen LogP contribution is 2.19. The summed E-state index contributed by atoms with van der Waals surface area (Å²) in [6.45, 7) is 4.30. The van der Waals surface area contributed by atoms with Crippen molar-refractivity contribution in [1.29, 1.82) is 0 Å². The Kier molecular flexibility index (Phi) is 5.48. The fourth-order valence-electron chi connectivity index (χ4n) is 1.40. The maximum Gasteiger partial charge on any atom is 0.312 e. The zero-order valence-electron chi connectivity index (χ0n) is 10.3. The Labute approximate surface area is 110 Å². The molecule has 1 atom stereocenters. The molecule has 0 heterocycles. The van der Waals surface area contributed by atoms with Gasteiger partial charge in [0.25, 0.3) is 0 Å². The topological polar surface area (TPSA) is 35.5 Å². The van der Waals surface area contributed by atoms with Crippen LogP contribution in [0.1, 0.15) is 13.8 Å². The number of benzene rings is 1. The lowest BCUT2D eigenvalue weighted by Crippen LogP contribution is -2.27. The molecule has 0 radical (unpaired) electrons. The van der Waals surface area contributed by atoms with Crippen molar-refractivity contribution in [3.63, 3.8) is 0 Å². The van der Waals surface area contributed by atoms with Crippen LogP contribution in [0.25, 0.3) is 0 Å². The van der Waals surface area contributed by atoms with Crippen molar-refractivity contribution >= 4 is 21.9 Å². The van der Waals surface area contributed by atoms with Gasteiger partial charge in [-0.3, -0.25) is 4.79 Å². The van der Waals surface area contributed by atoms with Crippen molar-refractivity contribution in [1.82, 2.24) is 0 Å². The summed E-state index contributed by atoms with van der Waals surface area (Å²) in [6.07, 6.45) is 0. The molecule has 0 fully saturated rings. The molecule has 0 aliphatic carbocycles. The summed E-state index contributed by atoms with van der Waals surface area (Å²) in [5, 5.41) is 0. The summed E-state index contributed by atoms with van der Waals surface area (Å²) in [5.74, 6) is 0.487. The van der Waals surface area contributed by atoms with Crippen LogP contribution in [-0.2, 0) is 9.53 Å². The Balaban J connectivity index is 2.58. The average Bonchev–Trinajstić information content (AvgIpc) is 2.31. The minimum Gasteiger partial charge on any atom is -0.493 e. The molecule has 0 saturated carbocycles. The van der Waals surface area contributed by atoms with Crippen LogP contribution in [-0.4, -0.2) is 19.7 Å². The van der Waals surface area contributed by atoms with Crippen molar-refractivity contribution < 1.29 is 14.3 Å². The van der Waals surface area contributed by atoms with Gasteiger partial charge in [-0.1, -0.05) is 29.8 Å². The average molecular weight is 301 g/mol. The summed E-state index contributed by atoms with van der Waals surface area (Å²) in [4.78, 5) is 11.5. The molecule has 1 aromatic rings. The third-order valence-electron chi connectivity index (χ3n) is 2.55. The summed E-state index contributed by atoms with van der Waals surface area (Å²) < 4.78 is 11.3.